The van der Waals surface area contributed by atoms with Gasteiger partial charge >= 0.3 is 0 Å². The Kier molecular flexibility index (Phi) is 7.04. The first-order chi connectivity index (χ1) is 17.0. The highest BCUT2D eigenvalue weighted by Crippen LogP contribution is 2.30. The fraction of sp³-hybridized carbons (Fsp3) is 0.250. The number of pyridine rings is 1. The maximum atomic E-state index is 13.1. The lowest BCUT2D eigenvalue weighted by atomic mass is 9.96. The number of carbonyl (C=O) groups is 2. The zero-order chi connectivity index (χ0) is 26.0. The molecule has 4 rings (SSSR count). The lowest BCUT2D eigenvalue weighted by Crippen LogP contribution is -2.28. The van der Waals surface area contributed by atoms with Gasteiger partial charge in [-0.05, 0) is 24.3 Å². The number of ketones is 1. The molecule has 0 aliphatic rings. The molecule has 0 amide bonds. The normalized spacial score (nSPS) is 11.4. The first kappa shape index (κ1) is 25.3. The zero-order valence-corrected chi connectivity index (χ0v) is 21.3. The zero-order valence-electron chi connectivity index (χ0n) is 19.7. The molecule has 0 saturated carbocycles. The molecular weight excluding hydrogens is 504 g/mol. The van der Waals surface area contributed by atoms with Gasteiger partial charge in [0, 0.05) is 28.8 Å². The Hall–Kier alpha value is -3.83. The molecule has 4 aromatic heterocycles. The van der Waals surface area contributed by atoms with Crippen molar-refractivity contribution in [3.8, 4) is 17.0 Å². The molecule has 4 heterocycles. The summed E-state index contributed by atoms with van der Waals surface area (Å²) in [5.41, 5.74) is -0.993. The quantitative estimate of drug-likeness (QED) is 0.344. The number of carbonyl (C=O) groups excluding carboxylic acids is 2. The number of aromatic hydroxyl groups is 1. The Morgan fingerprint density at radius 1 is 1.19 bits per heavy atom. The summed E-state index contributed by atoms with van der Waals surface area (Å²) in [6.45, 7) is 5.40. The van der Waals surface area contributed by atoms with Crippen molar-refractivity contribution in [1.82, 2.24) is 24.3 Å². The Balaban J connectivity index is 1.66. The van der Waals surface area contributed by atoms with Crippen LogP contribution in [0.1, 0.15) is 40.9 Å². The van der Waals surface area contributed by atoms with Crippen molar-refractivity contribution < 1.29 is 14.7 Å². The summed E-state index contributed by atoms with van der Waals surface area (Å²) in [4.78, 5) is 46.9. The van der Waals surface area contributed by atoms with Gasteiger partial charge in [0.2, 0.25) is 5.78 Å². The Morgan fingerprint density at radius 2 is 1.97 bits per heavy atom. The molecule has 4 aromatic rings. The van der Waals surface area contributed by atoms with Gasteiger partial charge < -0.3 is 15.0 Å². The van der Waals surface area contributed by atoms with E-state index < -0.39 is 22.5 Å². The van der Waals surface area contributed by atoms with Gasteiger partial charge in [0.25, 0.3) is 11.5 Å². The monoisotopic (exact) mass is 526 g/mol. The lowest BCUT2D eigenvalue weighted by molar-refractivity contribution is 0.0752. The van der Waals surface area contributed by atoms with Crippen molar-refractivity contribution in [1.29, 1.82) is 0 Å². The third-order valence-electron chi connectivity index (χ3n) is 5.21. The molecule has 0 radical (unpaired) electrons. The van der Waals surface area contributed by atoms with E-state index in [2.05, 4.69) is 20.4 Å². The molecule has 0 atom stereocenters. The largest absolute Gasteiger partial charge is 0.503 e. The second kappa shape index (κ2) is 10.0. The van der Waals surface area contributed by atoms with Gasteiger partial charge in [-0.2, -0.15) is 9.78 Å². The molecule has 0 unspecified atom stereocenters. The predicted octanol–water partition coefficient (Wildman–Crippen LogP) is 4.10. The van der Waals surface area contributed by atoms with E-state index in [1.807, 2.05) is 6.07 Å². The third kappa shape index (κ3) is 5.37. The minimum atomic E-state index is -0.769. The summed E-state index contributed by atoms with van der Waals surface area (Å²) >= 11 is 7.42. The summed E-state index contributed by atoms with van der Waals surface area (Å²) < 4.78 is 2.96. The van der Waals surface area contributed by atoms with Gasteiger partial charge in [0.05, 0.1) is 28.7 Å². The molecule has 0 aliphatic heterocycles. The van der Waals surface area contributed by atoms with Crippen molar-refractivity contribution in [3.63, 3.8) is 0 Å². The van der Waals surface area contributed by atoms with E-state index in [0.717, 1.165) is 9.44 Å². The van der Waals surface area contributed by atoms with Gasteiger partial charge in [0.15, 0.2) is 5.75 Å². The van der Waals surface area contributed by atoms with Crippen LogP contribution in [0, 0.1) is 5.41 Å². The molecule has 12 heteroatoms. The average molecular weight is 527 g/mol. The van der Waals surface area contributed by atoms with Crippen LogP contribution < -0.4 is 10.9 Å². The van der Waals surface area contributed by atoms with Crippen LogP contribution >= 0.6 is 22.9 Å². The summed E-state index contributed by atoms with van der Waals surface area (Å²) in [5, 5.41) is 18.3. The van der Waals surface area contributed by atoms with Crippen LogP contribution in [0.5, 0.6) is 5.75 Å². The highest BCUT2D eigenvalue weighted by molar-refractivity contribution is 7.16. The molecule has 0 bridgehead atoms. The molecule has 0 saturated heterocycles. The molecule has 2 N–H and O–H groups in total. The molecule has 0 spiro atoms. The molecule has 0 aromatic carbocycles. The van der Waals surface area contributed by atoms with Gasteiger partial charge in [-0.15, -0.1) is 11.3 Å². The van der Waals surface area contributed by atoms with Gasteiger partial charge in [0.1, 0.15) is 17.8 Å². The second-order valence-electron chi connectivity index (χ2n) is 8.97. The minimum absolute atomic E-state index is 0.133. The van der Waals surface area contributed by atoms with Crippen LogP contribution in [0.15, 0.2) is 53.8 Å². The molecule has 36 heavy (non-hydrogen) atoms. The number of halogens is 1. The Morgan fingerprint density at radius 3 is 2.61 bits per heavy atom. The Labute approximate surface area is 215 Å². The summed E-state index contributed by atoms with van der Waals surface area (Å²) in [6, 6.07) is 8.17. The number of thiophene rings is 1. The van der Waals surface area contributed by atoms with Crippen LogP contribution in [-0.4, -0.2) is 41.1 Å². The summed E-state index contributed by atoms with van der Waals surface area (Å²) in [5.74, 6) is -0.870. The molecule has 186 valence electrons. The number of nitrogens with zero attached hydrogens (tertiary/aromatic N) is 5. The van der Waals surface area contributed by atoms with E-state index >= 15 is 0 Å². The van der Waals surface area contributed by atoms with Crippen LogP contribution in [0.25, 0.3) is 11.3 Å². The number of anilines is 1. The van der Waals surface area contributed by atoms with Crippen LogP contribution in [0.3, 0.4) is 0 Å². The van der Waals surface area contributed by atoms with Crippen LogP contribution in [0.2, 0.25) is 4.34 Å². The van der Waals surface area contributed by atoms with Crippen molar-refractivity contribution in [2.45, 2.75) is 33.9 Å². The van der Waals surface area contributed by atoms with E-state index in [4.69, 9.17) is 11.6 Å². The van der Waals surface area contributed by atoms with Crippen molar-refractivity contribution in [2.24, 2.45) is 5.41 Å². The number of rotatable bonds is 7. The predicted molar refractivity (Wildman–Crippen MR) is 137 cm³/mol. The number of hydrogen-bond donors (Lipinski definition) is 2. The SMILES string of the molecule is CC(C)(C)C(=O)n1nc(-c2ccn(CC(=O)c3ccncn3)c(=O)c2O)cc1NCc1ccc(Cl)s1. The summed E-state index contributed by atoms with van der Waals surface area (Å²) in [6.07, 6.45) is 4.06. The molecule has 0 fully saturated rings. The van der Waals surface area contributed by atoms with Crippen molar-refractivity contribution >= 4 is 40.4 Å². The fourth-order valence-corrected chi connectivity index (χ4v) is 4.35. The molecular formula is C24H23ClN6O4S. The number of nitrogens with one attached hydrogen (secondary N) is 1. The minimum Gasteiger partial charge on any atom is -0.503 e. The number of Topliss-reactive ketones (excluding diaryl/α,β-unsaturated/α-hetero) is 1. The maximum Gasteiger partial charge on any atom is 0.293 e. The maximum absolute atomic E-state index is 13.1. The third-order valence-corrected chi connectivity index (χ3v) is 6.44. The second-order valence-corrected chi connectivity index (χ2v) is 10.8. The Bertz CT molecular complexity index is 1490. The van der Waals surface area contributed by atoms with E-state index in [-0.39, 0.29) is 29.4 Å². The van der Waals surface area contributed by atoms with Gasteiger partial charge in [-0.1, -0.05) is 32.4 Å². The van der Waals surface area contributed by atoms with Crippen LogP contribution in [0.4, 0.5) is 5.82 Å². The summed E-state index contributed by atoms with van der Waals surface area (Å²) in [7, 11) is 0. The highest BCUT2D eigenvalue weighted by atomic mass is 35.5. The van der Waals surface area contributed by atoms with Crippen molar-refractivity contribution in [3.05, 3.63) is 74.3 Å². The standard InChI is InChI=1S/C24H23ClN6O4S/c1-24(2,3)23(35)31-20(27-11-14-4-5-19(25)36-14)10-17(29-31)15-7-9-30(22(34)21(15)33)12-18(32)16-6-8-26-13-28-16/h4-10,13,27,33H,11-12H2,1-3H3. The number of aromatic nitrogens is 5. The smallest absolute Gasteiger partial charge is 0.293 e. The van der Waals surface area contributed by atoms with Crippen molar-refractivity contribution in [2.75, 3.05) is 5.32 Å². The lowest BCUT2D eigenvalue weighted by Gasteiger charge is -2.18. The average Bonchev–Trinajstić information content (AvgIpc) is 3.46. The first-order valence-electron chi connectivity index (χ1n) is 10.9. The van der Waals surface area contributed by atoms with E-state index in [0.29, 0.717) is 16.7 Å². The first-order valence-corrected chi connectivity index (χ1v) is 12.1. The van der Waals surface area contributed by atoms with E-state index in [1.165, 1.54) is 46.9 Å². The highest BCUT2D eigenvalue weighted by Gasteiger charge is 2.28. The molecule has 0 aliphatic carbocycles. The fourth-order valence-electron chi connectivity index (χ4n) is 3.32. The number of hydrogen-bond acceptors (Lipinski definition) is 9. The van der Waals surface area contributed by atoms with Gasteiger partial charge in [-0.3, -0.25) is 14.4 Å². The van der Waals surface area contributed by atoms with E-state index in [9.17, 15) is 19.5 Å². The van der Waals surface area contributed by atoms with E-state index in [1.54, 1.807) is 32.9 Å². The van der Waals surface area contributed by atoms with Gasteiger partial charge in [-0.25, -0.2) is 9.97 Å². The topological polar surface area (TPSA) is 132 Å². The molecule has 10 nitrogen and oxygen atoms in total. The van der Waals surface area contributed by atoms with Crippen LogP contribution in [-0.2, 0) is 13.1 Å².